The normalized spacial score (nSPS) is 11.7. The first-order valence-electron chi connectivity index (χ1n) is 3.83. The Morgan fingerprint density at radius 2 is 2.33 bits per heavy atom. The molecule has 0 aliphatic carbocycles. The molecule has 0 radical (unpaired) electrons. The van der Waals surface area contributed by atoms with Gasteiger partial charge >= 0.3 is 6.18 Å². The highest BCUT2D eigenvalue weighted by Crippen LogP contribution is 2.30. The number of hydrogen-bond donors (Lipinski definition) is 1. The van der Waals surface area contributed by atoms with Crippen molar-refractivity contribution in [1.29, 1.82) is 0 Å². The average molecular weight is 217 g/mol. The zero-order valence-corrected chi connectivity index (χ0v) is 7.36. The lowest BCUT2D eigenvalue weighted by Gasteiger charge is -2.03. The topological polar surface area (TPSA) is 77.4 Å². The minimum Gasteiger partial charge on any atom is -0.273 e. The predicted octanol–water partition coefficient (Wildman–Crippen LogP) is 2.75. The Morgan fingerprint density at radius 3 is 2.93 bits per heavy atom. The van der Waals surface area contributed by atoms with E-state index in [9.17, 15) is 13.2 Å². The monoisotopic (exact) mass is 217 g/mol. The molecule has 0 fully saturated rings. The van der Waals surface area contributed by atoms with Crippen LogP contribution in [-0.2, 0) is 6.18 Å². The SMILES string of the molecule is [N-]=[N+]=NCC=Cc1cn[nH]c1C(F)(F)F. The molecular weight excluding hydrogens is 211 g/mol. The number of alkyl halides is 3. The Bertz CT molecular complexity index is 399. The minimum atomic E-state index is -4.46. The van der Waals surface area contributed by atoms with Gasteiger partial charge in [0, 0.05) is 17.0 Å². The predicted molar refractivity (Wildman–Crippen MR) is 46.6 cm³/mol. The van der Waals surface area contributed by atoms with Crippen LogP contribution >= 0.6 is 0 Å². The van der Waals surface area contributed by atoms with Crippen LogP contribution in [0.15, 0.2) is 17.4 Å². The molecule has 0 spiro atoms. The second-order valence-electron chi connectivity index (χ2n) is 2.51. The Kier molecular flexibility index (Phi) is 3.35. The van der Waals surface area contributed by atoms with E-state index in [0.29, 0.717) is 0 Å². The lowest BCUT2D eigenvalue weighted by molar-refractivity contribution is -0.141. The van der Waals surface area contributed by atoms with E-state index < -0.39 is 11.9 Å². The van der Waals surface area contributed by atoms with Crippen LogP contribution in [0.2, 0.25) is 0 Å². The lowest BCUT2D eigenvalue weighted by Crippen LogP contribution is -2.07. The molecule has 1 heterocycles. The number of halogens is 3. The Morgan fingerprint density at radius 1 is 1.60 bits per heavy atom. The first kappa shape index (κ1) is 11.1. The molecule has 15 heavy (non-hydrogen) atoms. The molecule has 5 nitrogen and oxygen atoms in total. The van der Waals surface area contributed by atoms with E-state index in [2.05, 4.69) is 15.1 Å². The van der Waals surface area contributed by atoms with Gasteiger partial charge in [-0.05, 0) is 5.53 Å². The van der Waals surface area contributed by atoms with Crippen molar-refractivity contribution >= 4 is 6.08 Å². The smallest absolute Gasteiger partial charge is 0.273 e. The fraction of sp³-hybridized carbons (Fsp3) is 0.286. The molecule has 0 unspecified atom stereocenters. The average Bonchev–Trinajstić information content (AvgIpc) is 2.59. The molecule has 1 N–H and O–H groups in total. The van der Waals surface area contributed by atoms with Crippen molar-refractivity contribution in [2.24, 2.45) is 5.11 Å². The maximum atomic E-state index is 12.3. The summed E-state index contributed by atoms with van der Waals surface area (Å²) in [5.41, 5.74) is 6.93. The Hall–Kier alpha value is -1.95. The number of rotatable bonds is 3. The van der Waals surface area contributed by atoms with Crippen LogP contribution in [0.4, 0.5) is 13.2 Å². The van der Waals surface area contributed by atoms with E-state index >= 15 is 0 Å². The quantitative estimate of drug-likeness (QED) is 0.471. The van der Waals surface area contributed by atoms with E-state index in [1.165, 1.54) is 12.2 Å². The molecule has 1 aromatic heterocycles. The maximum Gasteiger partial charge on any atom is 0.433 e. The molecule has 0 saturated carbocycles. The van der Waals surface area contributed by atoms with Crippen molar-refractivity contribution in [3.05, 3.63) is 34.0 Å². The van der Waals surface area contributed by atoms with Crippen molar-refractivity contribution in [2.75, 3.05) is 6.54 Å². The van der Waals surface area contributed by atoms with Gasteiger partial charge in [-0.1, -0.05) is 17.3 Å². The Balaban J connectivity index is 2.82. The molecule has 0 saturated heterocycles. The summed E-state index contributed by atoms with van der Waals surface area (Å²) in [6, 6.07) is 0. The molecule has 1 rings (SSSR count). The van der Waals surface area contributed by atoms with Gasteiger partial charge in [0.25, 0.3) is 0 Å². The highest BCUT2D eigenvalue weighted by molar-refractivity contribution is 5.51. The standard InChI is InChI=1S/C7H6F3N5/c8-7(9,10)6-5(4-13-14-6)2-1-3-12-15-11/h1-2,4H,3H2,(H,13,14). The number of nitrogens with zero attached hydrogens (tertiary/aromatic N) is 4. The number of azide groups is 1. The zero-order chi connectivity index (χ0) is 11.3. The van der Waals surface area contributed by atoms with Crippen LogP contribution in [-0.4, -0.2) is 16.7 Å². The third kappa shape index (κ3) is 3.03. The van der Waals surface area contributed by atoms with Gasteiger partial charge in [0.2, 0.25) is 0 Å². The van der Waals surface area contributed by atoms with Crippen molar-refractivity contribution in [2.45, 2.75) is 6.18 Å². The zero-order valence-electron chi connectivity index (χ0n) is 7.36. The fourth-order valence-electron chi connectivity index (χ4n) is 0.912. The molecule has 0 aromatic carbocycles. The van der Waals surface area contributed by atoms with Crippen LogP contribution in [0.1, 0.15) is 11.3 Å². The van der Waals surface area contributed by atoms with Gasteiger partial charge in [-0.15, -0.1) is 0 Å². The van der Waals surface area contributed by atoms with Crippen LogP contribution in [0.3, 0.4) is 0 Å². The lowest BCUT2D eigenvalue weighted by atomic mass is 10.2. The van der Waals surface area contributed by atoms with E-state index in [-0.39, 0.29) is 12.1 Å². The number of nitrogens with one attached hydrogen (secondary N) is 1. The van der Waals surface area contributed by atoms with E-state index in [0.717, 1.165) is 6.20 Å². The van der Waals surface area contributed by atoms with Gasteiger partial charge < -0.3 is 0 Å². The van der Waals surface area contributed by atoms with Crippen molar-refractivity contribution in [3.8, 4) is 0 Å². The van der Waals surface area contributed by atoms with E-state index in [1.54, 1.807) is 0 Å². The van der Waals surface area contributed by atoms with E-state index in [1.807, 2.05) is 5.10 Å². The molecule has 8 heteroatoms. The molecule has 0 amide bonds. The Labute approximate surface area is 82.2 Å². The minimum absolute atomic E-state index is 0.00101. The maximum absolute atomic E-state index is 12.3. The summed E-state index contributed by atoms with van der Waals surface area (Å²) < 4.78 is 36.8. The van der Waals surface area contributed by atoms with E-state index in [4.69, 9.17) is 5.53 Å². The summed E-state index contributed by atoms with van der Waals surface area (Å²) in [5.74, 6) is 0. The molecule has 0 atom stereocenters. The second kappa shape index (κ2) is 4.52. The van der Waals surface area contributed by atoms with Gasteiger partial charge in [-0.25, -0.2) is 0 Å². The number of H-pyrrole nitrogens is 1. The van der Waals surface area contributed by atoms with Crippen LogP contribution in [0, 0.1) is 0 Å². The first-order chi connectivity index (χ1) is 7.05. The highest BCUT2D eigenvalue weighted by Gasteiger charge is 2.34. The number of aromatic nitrogens is 2. The molecule has 0 bridgehead atoms. The molecule has 0 aliphatic heterocycles. The van der Waals surface area contributed by atoms with Gasteiger partial charge in [0.15, 0.2) is 0 Å². The van der Waals surface area contributed by atoms with Crippen molar-refractivity contribution in [3.63, 3.8) is 0 Å². The summed E-state index contributed by atoms with van der Waals surface area (Å²) >= 11 is 0. The first-order valence-corrected chi connectivity index (χ1v) is 3.83. The highest BCUT2D eigenvalue weighted by atomic mass is 19.4. The summed E-state index contributed by atoms with van der Waals surface area (Å²) in [6.07, 6.45) is -0.898. The van der Waals surface area contributed by atoms with Gasteiger partial charge in [0.1, 0.15) is 5.69 Å². The third-order valence-corrected chi connectivity index (χ3v) is 1.50. The summed E-state index contributed by atoms with van der Waals surface area (Å²) in [7, 11) is 0. The van der Waals surface area contributed by atoms with Gasteiger partial charge in [0.05, 0.1) is 6.20 Å². The van der Waals surface area contributed by atoms with Gasteiger partial charge in [-0.2, -0.15) is 18.3 Å². The van der Waals surface area contributed by atoms with Crippen LogP contribution < -0.4 is 0 Å². The van der Waals surface area contributed by atoms with Crippen molar-refractivity contribution < 1.29 is 13.2 Å². The number of aromatic amines is 1. The third-order valence-electron chi connectivity index (χ3n) is 1.50. The summed E-state index contributed by atoms with van der Waals surface area (Å²) in [6.45, 7) is -0.00101. The molecule has 80 valence electrons. The number of hydrogen-bond acceptors (Lipinski definition) is 2. The largest absolute Gasteiger partial charge is 0.433 e. The second-order valence-corrected chi connectivity index (χ2v) is 2.51. The molecule has 0 aliphatic rings. The van der Waals surface area contributed by atoms with Crippen LogP contribution in [0.5, 0.6) is 0 Å². The fourth-order valence-corrected chi connectivity index (χ4v) is 0.912. The van der Waals surface area contributed by atoms with Gasteiger partial charge in [-0.3, -0.25) is 5.10 Å². The van der Waals surface area contributed by atoms with Crippen LogP contribution in [0.25, 0.3) is 16.5 Å². The molecule has 1 aromatic rings. The summed E-state index contributed by atoms with van der Waals surface area (Å²) in [5, 5.41) is 8.29. The molecular formula is C7H6F3N5. The summed E-state index contributed by atoms with van der Waals surface area (Å²) in [4.78, 5) is 2.45. The van der Waals surface area contributed by atoms with Crippen molar-refractivity contribution in [1.82, 2.24) is 10.2 Å².